The van der Waals surface area contributed by atoms with Crippen LogP contribution in [0.5, 0.6) is 0 Å². The van der Waals surface area contributed by atoms with Crippen LogP contribution in [0.15, 0.2) is 6.20 Å². The van der Waals surface area contributed by atoms with Crippen LogP contribution in [-0.2, 0) is 20.9 Å². The van der Waals surface area contributed by atoms with Crippen molar-refractivity contribution in [3.8, 4) is 0 Å². The van der Waals surface area contributed by atoms with Gasteiger partial charge in [0.1, 0.15) is 0 Å². The van der Waals surface area contributed by atoms with E-state index in [1.54, 1.807) is 6.20 Å². The van der Waals surface area contributed by atoms with Gasteiger partial charge in [-0.05, 0) is 46.4 Å². The average molecular weight is 263 g/mol. The van der Waals surface area contributed by atoms with E-state index in [9.17, 15) is 0 Å². The maximum Gasteiger partial charge on any atom is 0.242 e. The minimum Gasteiger partial charge on any atom is -0.322 e. The Kier molecular flexibility index (Phi) is 4.23. The molecule has 0 aliphatic heterocycles. The number of H-pyrrole nitrogens is 1. The van der Waals surface area contributed by atoms with Crippen LogP contribution in [0.2, 0.25) is 0 Å². The van der Waals surface area contributed by atoms with E-state index in [2.05, 4.69) is 15.4 Å². The fourth-order valence-corrected chi connectivity index (χ4v) is 4.43. The zero-order chi connectivity index (χ0) is 12.4. The largest absolute Gasteiger partial charge is 0.322 e. The molecule has 1 aromatic rings. The molecule has 0 amide bonds. The standard InChI is InChI=1S/C9H18N3O2PS/c1-7(2)13-15(16,14-9(3,4)5)8-6-10-12-11-8/h6-7H,1-5H3,(H,10,11,12). The third kappa shape index (κ3) is 3.94. The lowest BCUT2D eigenvalue weighted by molar-refractivity contribution is 0.110. The summed E-state index contributed by atoms with van der Waals surface area (Å²) in [6.45, 7) is 7.10. The molecule has 1 aromatic heterocycles. The Morgan fingerprint density at radius 1 is 1.44 bits per heavy atom. The highest BCUT2D eigenvalue weighted by Gasteiger charge is 2.31. The lowest BCUT2D eigenvalue weighted by Crippen LogP contribution is -2.24. The molecule has 5 nitrogen and oxygen atoms in total. The van der Waals surface area contributed by atoms with Crippen molar-refractivity contribution in [3.63, 3.8) is 0 Å². The van der Waals surface area contributed by atoms with Gasteiger partial charge >= 0.3 is 0 Å². The summed E-state index contributed by atoms with van der Waals surface area (Å²) in [4.78, 5) is 0. The third-order valence-corrected chi connectivity index (χ3v) is 4.73. The van der Waals surface area contributed by atoms with E-state index in [0.717, 1.165) is 0 Å². The van der Waals surface area contributed by atoms with Crippen LogP contribution < -0.4 is 5.44 Å². The lowest BCUT2D eigenvalue weighted by atomic mass is 10.2. The molecule has 0 saturated carbocycles. The number of rotatable bonds is 4. The van der Waals surface area contributed by atoms with E-state index in [1.807, 2.05) is 34.6 Å². The molecule has 0 radical (unpaired) electrons. The first-order valence-electron chi connectivity index (χ1n) is 5.08. The monoisotopic (exact) mass is 263 g/mol. The van der Waals surface area contributed by atoms with Gasteiger partial charge in [-0.25, -0.2) is 0 Å². The first kappa shape index (κ1) is 13.8. The van der Waals surface area contributed by atoms with Gasteiger partial charge in [-0.15, -0.1) is 0 Å². The predicted molar refractivity (Wildman–Crippen MR) is 67.4 cm³/mol. The molecule has 0 aromatic carbocycles. The normalized spacial score (nSPS) is 16.4. The first-order valence-corrected chi connectivity index (χ1v) is 7.72. The van der Waals surface area contributed by atoms with Crippen molar-refractivity contribution in [3.05, 3.63) is 6.20 Å². The minimum absolute atomic E-state index is 0.00937. The molecule has 1 atom stereocenters. The molecule has 0 bridgehead atoms. The number of nitrogens with zero attached hydrogens (tertiary/aromatic N) is 2. The van der Waals surface area contributed by atoms with Gasteiger partial charge in [0.05, 0.1) is 17.9 Å². The molecule has 0 aliphatic rings. The fourth-order valence-electron chi connectivity index (χ4n) is 1.09. The maximum atomic E-state index is 5.86. The zero-order valence-corrected chi connectivity index (χ0v) is 11.9. The highest BCUT2D eigenvalue weighted by atomic mass is 32.5. The first-order chi connectivity index (χ1) is 7.23. The molecule has 16 heavy (non-hydrogen) atoms. The summed E-state index contributed by atoms with van der Waals surface area (Å²) in [5.41, 5.74) is 0.203. The van der Waals surface area contributed by atoms with E-state index < -0.39 is 6.49 Å². The van der Waals surface area contributed by atoms with Crippen molar-refractivity contribution in [1.29, 1.82) is 0 Å². The molecule has 1 unspecified atom stereocenters. The van der Waals surface area contributed by atoms with E-state index in [4.69, 9.17) is 20.9 Å². The Balaban J connectivity index is 2.99. The van der Waals surface area contributed by atoms with Gasteiger partial charge in [0, 0.05) is 0 Å². The van der Waals surface area contributed by atoms with E-state index in [0.29, 0.717) is 5.44 Å². The Labute approximate surface area is 101 Å². The SMILES string of the molecule is CC(C)OP(=S)(OC(C)(C)C)c1cn[nH]n1. The highest BCUT2D eigenvalue weighted by molar-refractivity contribution is 8.13. The Morgan fingerprint density at radius 2 is 2.06 bits per heavy atom. The Bertz CT molecular complexity index is 373. The van der Waals surface area contributed by atoms with Gasteiger partial charge < -0.3 is 9.05 Å². The molecular formula is C9H18N3O2PS. The second kappa shape index (κ2) is 4.92. The molecular weight excluding hydrogens is 245 g/mol. The van der Waals surface area contributed by atoms with Crippen LogP contribution in [-0.4, -0.2) is 27.1 Å². The molecule has 7 heteroatoms. The Hall–Kier alpha value is -0.290. The van der Waals surface area contributed by atoms with Crippen molar-refractivity contribution < 1.29 is 9.05 Å². The molecule has 0 saturated heterocycles. The molecule has 0 aliphatic carbocycles. The number of aromatic nitrogens is 3. The average Bonchev–Trinajstić information content (AvgIpc) is 2.48. The van der Waals surface area contributed by atoms with Gasteiger partial charge in [0.25, 0.3) is 0 Å². The summed E-state index contributed by atoms with van der Waals surface area (Å²) in [6.07, 6.45) is 1.56. The molecule has 92 valence electrons. The fraction of sp³-hybridized carbons (Fsp3) is 0.778. The number of nitrogens with one attached hydrogen (secondary N) is 1. The summed E-state index contributed by atoms with van der Waals surface area (Å²) >= 11 is 5.49. The summed E-state index contributed by atoms with van der Waals surface area (Å²) in [6, 6.07) is 0. The second-order valence-corrected chi connectivity index (χ2v) is 7.97. The van der Waals surface area contributed by atoms with Gasteiger partial charge in [-0.3, -0.25) is 0 Å². The van der Waals surface area contributed by atoms with Gasteiger partial charge in [0.2, 0.25) is 6.49 Å². The van der Waals surface area contributed by atoms with Crippen LogP contribution >= 0.6 is 6.49 Å². The summed E-state index contributed by atoms with van der Waals surface area (Å²) in [5, 5.41) is 10.3. The van der Waals surface area contributed by atoms with Crippen molar-refractivity contribution >= 4 is 23.7 Å². The van der Waals surface area contributed by atoms with Crippen LogP contribution in [0.25, 0.3) is 0 Å². The topological polar surface area (TPSA) is 60.0 Å². The van der Waals surface area contributed by atoms with E-state index in [1.165, 1.54) is 0 Å². The van der Waals surface area contributed by atoms with Crippen LogP contribution in [0, 0.1) is 0 Å². The summed E-state index contributed by atoms with van der Waals surface area (Å²) in [5.74, 6) is 0. The van der Waals surface area contributed by atoms with Crippen molar-refractivity contribution in [2.75, 3.05) is 0 Å². The minimum atomic E-state index is -2.57. The smallest absolute Gasteiger partial charge is 0.242 e. The number of aromatic amines is 1. The van der Waals surface area contributed by atoms with E-state index in [-0.39, 0.29) is 11.7 Å². The van der Waals surface area contributed by atoms with Gasteiger partial charge in [0.15, 0.2) is 5.44 Å². The number of hydrogen-bond donors (Lipinski definition) is 1. The summed E-state index contributed by atoms with van der Waals surface area (Å²) < 4.78 is 11.6. The molecule has 1 N–H and O–H groups in total. The molecule has 0 spiro atoms. The van der Waals surface area contributed by atoms with E-state index >= 15 is 0 Å². The quantitative estimate of drug-likeness (QED) is 0.842. The Morgan fingerprint density at radius 3 is 2.44 bits per heavy atom. The molecule has 0 fully saturated rings. The van der Waals surface area contributed by atoms with Crippen molar-refractivity contribution in [2.45, 2.75) is 46.3 Å². The predicted octanol–water partition coefficient (Wildman–Crippen LogP) is 1.98. The highest BCUT2D eigenvalue weighted by Crippen LogP contribution is 2.50. The van der Waals surface area contributed by atoms with Gasteiger partial charge in [-0.2, -0.15) is 15.4 Å². The zero-order valence-electron chi connectivity index (χ0n) is 10.2. The molecule has 1 heterocycles. The maximum absolute atomic E-state index is 5.86. The van der Waals surface area contributed by atoms with Crippen LogP contribution in [0.3, 0.4) is 0 Å². The van der Waals surface area contributed by atoms with Crippen LogP contribution in [0.4, 0.5) is 0 Å². The van der Waals surface area contributed by atoms with Crippen molar-refractivity contribution in [2.24, 2.45) is 0 Å². The lowest BCUT2D eigenvalue weighted by Gasteiger charge is -2.29. The summed E-state index contributed by atoms with van der Waals surface area (Å²) in [7, 11) is 0. The second-order valence-electron chi connectivity index (χ2n) is 4.68. The van der Waals surface area contributed by atoms with Crippen LogP contribution in [0.1, 0.15) is 34.6 Å². The van der Waals surface area contributed by atoms with Crippen molar-refractivity contribution in [1.82, 2.24) is 15.4 Å². The molecule has 1 rings (SSSR count). The number of hydrogen-bond acceptors (Lipinski definition) is 5. The van der Waals surface area contributed by atoms with Gasteiger partial charge in [-0.1, -0.05) is 0 Å². The third-order valence-electron chi connectivity index (χ3n) is 1.43.